The van der Waals surface area contributed by atoms with E-state index in [-0.39, 0.29) is 0 Å². The smallest absolute Gasteiger partial charge is 0.146 e. The molecule has 4 aliphatic carbocycles. The van der Waals surface area contributed by atoms with Crippen LogP contribution in [0.1, 0.15) is 12.8 Å². The highest BCUT2D eigenvalue weighted by Crippen LogP contribution is 2.65. The van der Waals surface area contributed by atoms with Crippen LogP contribution in [0.5, 0.6) is 0 Å². The Morgan fingerprint density at radius 1 is 1.40 bits per heavy atom. The Hall–Kier alpha value is -0.590. The van der Waals surface area contributed by atoms with Crippen LogP contribution < -0.4 is 0 Å². The second kappa shape index (κ2) is 1.36. The Balaban J connectivity index is 2.07. The van der Waals surface area contributed by atoms with Gasteiger partial charge >= 0.3 is 0 Å². The van der Waals surface area contributed by atoms with Crippen molar-refractivity contribution in [3.05, 3.63) is 11.6 Å². The van der Waals surface area contributed by atoms with Crippen molar-refractivity contribution >= 4 is 6.29 Å². The van der Waals surface area contributed by atoms with E-state index < -0.39 is 0 Å². The van der Waals surface area contributed by atoms with Gasteiger partial charge in [-0.25, -0.2) is 0 Å². The first-order valence-electron chi connectivity index (χ1n) is 4.07. The van der Waals surface area contributed by atoms with Crippen LogP contribution in [-0.2, 0) is 4.79 Å². The number of aldehydes is 1. The van der Waals surface area contributed by atoms with Crippen LogP contribution in [0, 0.1) is 23.7 Å². The monoisotopic (exact) mass is 134 g/mol. The number of allylic oxidation sites excluding steroid dienone is 2. The Morgan fingerprint density at radius 2 is 2.10 bits per heavy atom. The van der Waals surface area contributed by atoms with Crippen molar-refractivity contribution in [3.8, 4) is 0 Å². The van der Waals surface area contributed by atoms with Gasteiger partial charge in [0.1, 0.15) is 6.29 Å². The minimum absolute atomic E-state index is 0.711. The number of hydrogen-bond acceptors (Lipinski definition) is 1. The van der Waals surface area contributed by atoms with Crippen molar-refractivity contribution in [2.45, 2.75) is 12.8 Å². The van der Waals surface area contributed by atoms with Gasteiger partial charge in [0.25, 0.3) is 0 Å². The predicted molar refractivity (Wildman–Crippen MR) is 37.3 cm³/mol. The van der Waals surface area contributed by atoms with Crippen LogP contribution in [0.15, 0.2) is 11.6 Å². The van der Waals surface area contributed by atoms with Crippen molar-refractivity contribution in [2.24, 2.45) is 23.7 Å². The summed E-state index contributed by atoms with van der Waals surface area (Å²) in [6.45, 7) is 0. The molecule has 0 aromatic rings. The minimum atomic E-state index is 0.711. The largest absolute Gasteiger partial charge is 0.298 e. The lowest BCUT2D eigenvalue weighted by molar-refractivity contribution is -0.105. The van der Waals surface area contributed by atoms with Crippen molar-refractivity contribution in [1.82, 2.24) is 0 Å². The summed E-state index contributed by atoms with van der Waals surface area (Å²) in [4.78, 5) is 10.5. The van der Waals surface area contributed by atoms with Crippen LogP contribution in [-0.4, -0.2) is 6.29 Å². The van der Waals surface area contributed by atoms with E-state index in [1.807, 2.05) is 0 Å². The minimum Gasteiger partial charge on any atom is -0.298 e. The van der Waals surface area contributed by atoms with Gasteiger partial charge in [0, 0.05) is 0 Å². The standard InChI is InChI=1S/C9H10O/c10-4-6-1-5-2-7-8(3-5)9(6)7/h1,4-5,7-9H,2-3H2. The molecule has 0 saturated heterocycles. The van der Waals surface area contributed by atoms with Crippen LogP contribution in [0.4, 0.5) is 0 Å². The number of carbonyl (C=O) groups is 1. The van der Waals surface area contributed by atoms with E-state index in [9.17, 15) is 4.79 Å². The third-order valence-electron chi connectivity index (χ3n) is 3.43. The molecule has 4 bridgehead atoms. The average Bonchev–Trinajstić information content (AvgIpc) is 2.55. The first kappa shape index (κ1) is 5.11. The third kappa shape index (κ3) is 0.405. The van der Waals surface area contributed by atoms with Crippen LogP contribution in [0.25, 0.3) is 0 Å². The molecular formula is C9H10O. The molecule has 2 fully saturated rings. The van der Waals surface area contributed by atoms with Gasteiger partial charge in [-0.3, -0.25) is 4.79 Å². The van der Waals surface area contributed by atoms with Crippen molar-refractivity contribution < 1.29 is 4.79 Å². The highest BCUT2D eigenvalue weighted by molar-refractivity contribution is 5.76. The SMILES string of the molecule is O=CC1=CC2CC3C(C2)C13. The predicted octanol–water partition coefficient (Wildman–Crippen LogP) is 1.40. The maximum atomic E-state index is 10.5. The Kier molecular flexibility index (Phi) is 0.697. The Bertz CT molecular complexity index is 217. The molecule has 0 radical (unpaired) electrons. The molecule has 2 atom stereocenters. The lowest BCUT2D eigenvalue weighted by Crippen LogP contribution is -2.09. The maximum Gasteiger partial charge on any atom is 0.146 e. The average molecular weight is 134 g/mol. The number of hydrogen-bond donors (Lipinski definition) is 0. The summed E-state index contributed by atoms with van der Waals surface area (Å²) in [5.41, 5.74) is 1.12. The van der Waals surface area contributed by atoms with Crippen molar-refractivity contribution in [3.63, 3.8) is 0 Å². The number of rotatable bonds is 1. The van der Waals surface area contributed by atoms with Gasteiger partial charge in [-0.05, 0) is 42.1 Å². The van der Waals surface area contributed by atoms with Crippen LogP contribution in [0.3, 0.4) is 0 Å². The summed E-state index contributed by atoms with van der Waals surface area (Å²) >= 11 is 0. The summed E-state index contributed by atoms with van der Waals surface area (Å²) in [6.07, 6.45) is 6.04. The normalized spacial score (nSPS) is 54.2. The zero-order valence-electron chi connectivity index (χ0n) is 5.79. The fourth-order valence-corrected chi connectivity index (χ4v) is 3.01. The highest BCUT2D eigenvalue weighted by atomic mass is 16.1. The molecule has 0 amide bonds. The van der Waals surface area contributed by atoms with Gasteiger partial charge < -0.3 is 0 Å². The molecule has 4 aliphatic rings. The molecule has 4 rings (SSSR count). The van der Waals surface area contributed by atoms with E-state index >= 15 is 0 Å². The van der Waals surface area contributed by atoms with E-state index in [4.69, 9.17) is 0 Å². The second-order valence-electron chi connectivity index (χ2n) is 3.87. The summed E-state index contributed by atoms with van der Waals surface area (Å²) < 4.78 is 0. The summed E-state index contributed by atoms with van der Waals surface area (Å²) in [5, 5.41) is 0. The highest BCUT2D eigenvalue weighted by Gasteiger charge is 2.59. The molecule has 1 nitrogen and oxygen atoms in total. The van der Waals surface area contributed by atoms with E-state index in [0.717, 1.165) is 29.6 Å². The fourth-order valence-electron chi connectivity index (χ4n) is 3.01. The number of carbonyl (C=O) groups excluding carboxylic acids is 1. The molecule has 2 saturated carbocycles. The molecule has 10 heavy (non-hydrogen) atoms. The van der Waals surface area contributed by atoms with Gasteiger partial charge in [-0.1, -0.05) is 6.08 Å². The zero-order chi connectivity index (χ0) is 6.72. The quantitative estimate of drug-likeness (QED) is 0.495. The summed E-state index contributed by atoms with van der Waals surface area (Å²) in [5.74, 6) is 3.34. The first-order chi connectivity index (χ1) is 4.90. The molecule has 0 spiro atoms. The Morgan fingerprint density at radius 3 is 2.50 bits per heavy atom. The van der Waals surface area contributed by atoms with Gasteiger partial charge in [0.05, 0.1) is 0 Å². The summed E-state index contributed by atoms with van der Waals surface area (Å²) in [7, 11) is 0. The van der Waals surface area contributed by atoms with E-state index in [2.05, 4.69) is 6.08 Å². The lowest BCUT2D eigenvalue weighted by Gasteiger charge is -2.17. The van der Waals surface area contributed by atoms with Crippen LogP contribution in [0.2, 0.25) is 0 Å². The summed E-state index contributed by atoms with van der Waals surface area (Å²) in [6, 6.07) is 0. The zero-order valence-corrected chi connectivity index (χ0v) is 5.79. The van der Waals surface area contributed by atoms with Crippen molar-refractivity contribution in [2.75, 3.05) is 0 Å². The topological polar surface area (TPSA) is 17.1 Å². The van der Waals surface area contributed by atoms with Gasteiger partial charge in [-0.15, -0.1) is 0 Å². The van der Waals surface area contributed by atoms with Gasteiger partial charge in [0.15, 0.2) is 0 Å². The molecule has 0 aromatic heterocycles. The molecule has 1 heteroatoms. The van der Waals surface area contributed by atoms with Gasteiger partial charge in [-0.2, -0.15) is 0 Å². The Labute approximate surface area is 60.1 Å². The molecule has 0 aromatic carbocycles. The van der Waals surface area contributed by atoms with E-state index in [0.29, 0.717) is 5.92 Å². The van der Waals surface area contributed by atoms with Crippen molar-refractivity contribution in [1.29, 1.82) is 0 Å². The second-order valence-corrected chi connectivity index (χ2v) is 3.87. The van der Waals surface area contributed by atoms with Gasteiger partial charge in [0.2, 0.25) is 0 Å². The maximum absolute atomic E-state index is 10.5. The third-order valence-corrected chi connectivity index (χ3v) is 3.43. The fraction of sp³-hybridized carbons (Fsp3) is 0.667. The first-order valence-corrected chi connectivity index (χ1v) is 4.07. The molecule has 52 valence electrons. The van der Waals surface area contributed by atoms with E-state index in [1.165, 1.54) is 12.8 Å². The lowest BCUT2D eigenvalue weighted by atomic mass is 9.87. The molecule has 0 N–H and O–H groups in total. The molecule has 0 heterocycles. The molecule has 2 unspecified atom stereocenters. The molecule has 0 aliphatic heterocycles. The van der Waals surface area contributed by atoms with Crippen LogP contribution >= 0.6 is 0 Å². The van der Waals surface area contributed by atoms with E-state index in [1.54, 1.807) is 0 Å². The molecular weight excluding hydrogens is 124 g/mol.